The third kappa shape index (κ3) is 3.02. The first-order valence-electron chi connectivity index (χ1n) is 8.49. The fraction of sp³-hybridized carbons (Fsp3) is 0.588. The molecule has 6 nitrogen and oxygen atoms in total. The molecule has 0 radical (unpaired) electrons. The second kappa shape index (κ2) is 6.56. The summed E-state index contributed by atoms with van der Waals surface area (Å²) in [5.41, 5.74) is 2.69. The molecule has 2 aromatic rings. The van der Waals surface area contributed by atoms with Gasteiger partial charge in [-0.15, -0.1) is 0 Å². The molecule has 1 saturated heterocycles. The van der Waals surface area contributed by atoms with Gasteiger partial charge in [-0.05, 0) is 44.2 Å². The molecule has 1 fully saturated rings. The molecule has 0 unspecified atom stereocenters. The molecule has 124 valence electrons. The molecule has 6 heteroatoms. The van der Waals surface area contributed by atoms with Crippen molar-refractivity contribution in [3.8, 4) is 0 Å². The van der Waals surface area contributed by atoms with E-state index in [9.17, 15) is 4.79 Å². The number of nitrogens with zero attached hydrogens (tertiary/aromatic N) is 4. The number of carbonyl (C=O) groups excluding carboxylic acids is 1. The highest BCUT2D eigenvalue weighted by Gasteiger charge is 2.31. The van der Waals surface area contributed by atoms with Crippen LogP contribution >= 0.6 is 0 Å². The van der Waals surface area contributed by atoms with Gasteiger partial charge in [0, 0.05) is 19.3 Å². The molecule has 0 spiro atoms. The van der Waals surface area contributed by atoms with Crippen molar-refractivity contribution in [1.82, 2.24) is 24.9 Å². The number of nitrogens with one attached hydrogen (secondary N) is 1. The molecule has 1 atom stereocenters. The van der Waals surface area contributed by atoms with Crippen LogP contribution in [-0.4, -0.2) is 37.3 Å². The third-order valence-corrected chi connectivity index (χ3v) is 4.55. The van der Waals surface area contributed by atoms with E-state index in [0.29, 0.717) is 18.2 Å². The highest BCUT2D eigenvalue weighted by molar-refractivity contribution is 5.93. The molecular formula is C17H25N5O. The number of likely N-dealkylation sites (tertiary alicyclic amines) is 1. The van der Waals surface area contributed by atoms with Gasteiger partial charge in [0.15, 0.2) is 0 Å². The minimum absolute atomic E-state index is 0.0746. The van der Waals surface area contributed by atoms with Crippen molar-refractivity contribution in [3.63, 3.8) is 0 Å². The average molecular weight is 315 g/mol. The van der Waals surface area contributed by atoms with Crippen molar-refractivity contribution in [2.45, 2.75) is 58.5 Å². The monoisotopic (exact) mass is 315 g/mol. The molecule has 1 N–H and O–H groups in total. The minimum Gasteiger partial charge on any atom is -0.329 e. The summed E-state index contributed by atoms with van der Waals surface area (Å²) >= 11 is 0. The van der Waals surface area contributed by atoms with Crippen LogP contribution in [0.2, 0.25) is 0 Å². The second-order valence-corrected chi connectivity index (χ2v) is 6.45. The highest BCUT2D eigenvalue weighted by atomic mass is 16.2. The topological polar surface area (TPSA) is 66.8 Å². The van der Waals surface area contributed by atoms with E-state index < -0.39 is 0 Å². The number of hydrogen-bond acceptors (Lipinski definition) is 3. The highest BCUT2D eigenvalue weighted by Crippen LogP contribution is 2.31. The fourth-order valence-electron chi connectivity index (χ4n) is 3.23. The van der Waals surface area contributed by atoms with E-state index in [1.807, 2.05) is 28.6 Å². The van der Waals surface area contributed by atoms with Crippen molar-refractivity contribution in [3.05, 3.63) is 35.4 Å². The van der Waals surface area contributed by atoms with Gasteiger partial charge in [0.25, 0.3) is 5.91 Å². The van der Waals surface area contributed by atoms with Crippen molar-refractivity contribution in [1.29, 1.82) is 0 Å². The van der Waals surface area contributed by atoms with Crippen LogP contribution in [0.25, 0.3) is 0 Å². The van der Waals surface area contributed by atoms with Crippen LogP contribution < -0.4 is 0 Å². The first-order chi connectivity index (χ1) is 11.1. The van der Waals surface area contributed by atoms with Crippen LogP contribution in [0.5, 0.6) is 0 Å². The predicted octanol–water partition coefficient (Wildman–Crippen LogP) is 3.12. The van der Waals surface area contributed by atoms with Crippen LogP contribution in [0.1, 0.15) is 73.9 Å². The number of aromatic amines is 1. The number of carbonyl (C=O) groups is 1. The Morgan fingerprint density at radius 1 is 1.43 bits per heavy atom. The molecule has 0 saturated carbocycles. The summed E-state index contributed by atoms with van der Waals surface area (Å²) < 4.78 is 1.83. The van der Waals surface area contributed by atoms with E-state index >= 15 is 0 Å². The zero-order valence-corrected chi connectivity index (χ0v) is 14.1. The summed E-state index contributed by atoms with van der Waals surface area (Å²) in [5.74, 6) is 0.393. The molecule has 23 heavy (non-hydrogen) atoms. The van der Waals surface area contributed by atoms with Gasteiger partial charge in [-0.25, -0.2) is 0 Å². The molecule has 3 rings (SSSR count). The number of amides is 1. The van der Waals surface area contributed by atoms with Crippen molar-refractivity contribution >= 4 is 5.91 Å². The van der Waals surface area contributed by atoms with Gasteiger partial charge in [0.05, 0.1) is 17.4 Å². The summed E-state index contributed by atoms with van der Waals surface area (Å²) in [4.78, 5) is 15.1. The van der Waals surface area contributed by atoms with Gasteiger partial charge in [0.2, 0.25) is 0 Å². The maximum Gasteiger partial charge on any atom is 0.272 e. The number of hydrogen-bond donors (Lipinski definition) is 1. The maximum absolute atomic E-state index is 13.2. The van der Waals surface area contributed by atoms with Crippen molar-refractivity contribution in [2.24, 2.45) is 0 Å². The van der Waals surface area contributed by atoms with Gasteiger partial charge in [0.1, 0.15) is 5.69 Å². The van der Waals surface area contributed by atoms with E-state index in [-0.39, 0.29) is 11.9 Å². The molecule has 0 aliphatic carbocycles. The number of H-pyrrole nitrogens is 1. The molecule has 3 heterocycles. The zero-order valence-electron chi connectivity index (χ0n) is 14.1. The number of piperidine rings is 1. The van der Waals surface area contributed by atoms with E-state index in [1.54, 1.807) is 6.20 Å². The SMILES string of the molecule is CCn1nc(C(C)C)cc1C(=O)N1CCCC[C@@H]1c1ccn[nH]1. The molecule has 1 aliphatic heterocycles. The lowest BCUT2D eigenvalue weighted by atomic mass is 9.99. The van der Waals surface area contributed by atoms with Gasteiger partial charge in [-0.2, -0.15) is 10.2 Å². The Bertz CT molecular complexity index is 659. The largest absolute Gasteiger partial charge is 0.329 e. The molecule has 1 amide bonds. The zero-order chi connectivity index (χ0) is 16.4. The molecule has 2 aromatic heterocycles. The van der Waals surface area contributed by atoms with Crippen LogP contribution in [0.4, 0.5) is 0 Å². The van der Waals surface area contributed by atoms with Crippen LogP contribution in [-0.2, 0) is 6.54 Å². The quantitative estimate of drug-likeness (QED) is 0.942. The fourth-order valence-corrected chi connectivity index (χ4v) is 3.23. The molecular weight excluding hydrogens is 290 g/mol. The normalized spacial score (nSPS) is 18.6. The van der Waals surface area contributed by atoms with E-state index in [1.165, 1.54) is 0 Å². The van der Waals surface area contributed by atoms with Gasteiger partial charge >= 0.3 is 0 Å². The van der Waals surface area contributed by atoms with Gasteiger partial charge in [-0.1, -0.05) is 13.8 Å². The second-order valence-electron chi connectivity index (χ2n) is 6.45. The Hall–Kier alpha value is -2.11. The smallest absolute Gasteiger partial charge is 0.272 e. The summed E-state index contributed by atoms with van der Waals surface area (Å²) in [6.07, 6.45) is 4.91. The number of aromatic nitrogens is 4. The number of rotatable bonds is 4. The molecule has 0 aromatic carbocycles. The van der Waals surface area contributed by atoms with E-state index in [0.717, 1.165) is 37.2 Å². The number of aryl methyl sites for hydroxylation is 1. The lowest BCUT2D eigenvalue weighted by Gasteiger charge is -2.35. The summed E-state index contributed by atoms with van der Waals surface area (Å²) in [6.45, 7) is 7.72. The minimum atomic E-state index is 0.0746. The van der Waals surface area contributed by atoms with Crippen LogP contribution in [0.3, 0.4) is 0 Å². The van der Waals surface area contributed by atoms with E-state index in [2.05, 4.69) is 29.1 Å². The standard InChI is InChI=1S/C17H25N5O/c1-4-22-16(11-14(20-22)12(2)3)17(23)21-10-6-5-7-15(21)13-8-9-18-19-13/h8-9,11-12,15H,4-7,10H2,1-3H3,(H,18,19)/t15-/m1/s1. The molecule has 0 bridgehead atoms. The Kier molecular flexibility index (Phi) is 4.50. The van der Waals surface area contributed by atoms with Crippen LogP contribution in [0.15, 0.2) is 18.3 Å². The summed E-state index contributed by atoms with van der Waals surface area (Å²) in [6, 6.07) is 4.00. The first kappa shape index (κ1) is 15.8. The first-order valence-corrected chi connectivity index (χ1v) is 8.49. The lowest BCUT2D eigenvalue weighted by molar-refractivity contribution is 0.0593. The average Bonchev–Trinajstić information content (AvgIpc) is 3.23. The Morgan fingerprint density at radius 2 is 2.26 bits per heavy atom. The third-order valence-electron chi connectivity index (χ3n) is 4.55. The predicted molar refractivity (Wildman–Crippen MR) is 88.2 cm³/mol. The van der Waals surface area contributed by atoms with Crippen LogP contribution in [0, 0.1) is 0 Å². The van der Waals surface area contributed by atoms with Crippen molar-refractivity contribution in [2.75, 3.05) is 6.54 Å². The lowest BCUT2D eigenvalue weighted by Crippen LogP contribution is -2.39. The maximum atomic E-state index is 13.2. The summed E-state index contributed by atoms with van der Waals surface area (Å²) in [7, 11) is 0. The Labute approximate surface area is 136 Å². The summed E-state index contributed by atoms with van der Waals surface area (Å²) in [5, 5.41) is 11.7. The Morgan fingerprint density at radius 3 is 2.91 bits per heavy atom. The van der Waals surface area contributed by atoms with Crippen molar-refractivity contribution < 1.29 is 4.79 Å². The molecule has 1 aliphatic rings. The van der Waals surface area contributed by atoms with Gasteiger partial charge < -0.3 is 4.90 Å². The van der Waals surface area contributed by atoms with E-state index in [4.69, 9.17) is 0 Å². The Balaban J connectivity index is 1.91. The van der Waals surface area contributed by atoms with Gasteiger partial charge in [-0.3, -0.25) is 14.6 Å².